The molecule has 0 aliphatic heterocycles. The molecule has 17 heavy (non-hydrogen) atoms. The molecule has 0 aromatic heterocycles. The van der Waals surface area contributed by atoms with Crippen molar-refractivity contribution in [2.45, 2.75) is 11.3 Å². The number of hydrogen-bond donors (Lipinski definition) is 1. The SMILES string of the molecule is CP(C)(=O)/C=C/CCSc1cc(Br)ccc1O. The molecule has 0 saturated carbocycles. The Hall–Kier alpha value is -0.180. The molecule has 0 fully saturated rings. The van der Waals surface area contributed by atoms with Crippen LogP contribution in [0.2, 0.25) is 0 Å². The van der Waals surface area contributed by atoms with Gasteiger partial charge in [0.15, 0.2) is 0 Å². The molecule has 5 heteroatoms. The number of phenols is 1. The summed E-state index contributed by atoms with van der Waals surface area (Å²) in [4.78, 5) is 0.865. The van der Waals surface area contributed by atoms with Gasteiger partial charge in [-0.1, -0.05) is 22.0 Å². The number of rotatable bonds is 5. The van der Waals surface area contributed by atoms with Crippen LogP contribution in [0.3, 0.4) is 0 Å². The molecule has 2 nitrogen and oxygen atoms in total. The van der Waals surface area contributed by atoms with Crippen LogP contribution >= 0.6 is 34.8 Å². The fourth-order valence-corrected chi connectivity index (χ4v) is 3.24. The zero-order chi connectivity index (χ0) is 12.9. The first-order valence-electron chi connectivity index (χ1n) is 5.22. The molecule has 0 aliphatic rings. The molecule has 0 spiro atoms. The van der Waals surface area contributed by atoms with Crippen molar-refractivity contribution in [3.63, 3.8) is 0 Å². The summed E-state index contributed by atoms with van der Waals surface area (Å²) in [6.45, 7) is 3.49. The first-order valence-corrected chi connectivity index (χ1v) is 9.67. The summed E-state index contributed by atoms with van der Waals surface area (Å²) < 4.78 is 12.4. The normalized spacial score (nSPS) is 12.2. The molecule has 0 atom stereocenters. The third-order valence-corrected chi connectivity index (χ3v) is 4.43. The van der Waals surface area contributed by atoms with Gasteiger partial charge in [0, 0.05) is 10.2 Å². The highest BCUT2D eigenvalue weighted by atomic mass is 79.9. The molecular weight excluding hydrogens is 319 g/mol. The summed E-state index contributed by atoms with van der Waals surface area (Å²) in [5.41, 5.74) is 0. The fraction of sp³-hybridized carbons (Fsp3) is 0.333. The predicted octanol–water partition coefficient (Wildman–Crippen LogP) is 4.77. The van der Waals surface area contributed by atoms with Gasteiger partial charge in [-0.3, -0.25) is 0 Å². The van der Waals surface area contributed by atoms with Gasteiger partial charge in [-0.05, 0) is 43.8 Å². The van der Waals surface area contributed by atoms with E-state index in [0.717, 1.165) is 21.5 Å². The first-order chi connectivity index (χ1) is 7.88. The van der Waals surface area contributed by atoms with E-state index in [0.29, 0.717) is 5.75 Å². The number of thioether (sulfide) groups is 1. The molecule has 0 heterocycles. The minimum absolute atomic E-state index is 0.304. The Labute approximate surface area is 115 Å². The minimum atomic E-state index is -2.04. The molecule has 0 radical (unpaired) electrons. The van der Waals surface area contributed by atoms with E-state index >= 15 is 0 Å². The van der Waals surface area contributed by atoms with Crippen LogP contribution in [0.5, 0.6) is 5.75 Å². The molecular formula is C12H16BrO2PS. The lowest BCUT2D eigenvalue weighted by atomic mass is 10.3. The van der Waals surface area contributed by atoms with Crippen molar-refractivity contribution >= 4 is 34.8 Å². The molecule has 1 N–H and O–H groups in total. The molecule has 1 aromatic carbocycles. The second kappa shape index (κ2) is 6.67. The lowest BCUT2D eigenvalue weighted by Crippen LogP contribution is -1.79. The summed E-state index contributed by atoms with van der Waals surface area (Å²) in [5, 5.41) is 9.62. The van der Waals surface area contributed by atoms with Crippen LogP contribution in [-0.4, -0.2) is 24.2 Å². The van der Waals surface area contributed by atoms with Crippen molar-refractivity contribution in [3.8, 4) is 5.75 Å². The maximum Gasteiger partial charge on any atom is 0.129 e. The minimum Gasteiger partial charge on any atom is -0.507 e. The molecule has 94 valence electrons. The molecule has 0 unspecified atom stereocenters. The van der Waals surface area contributed by atoms with E-state index in [9.17, 15) is 9.67 Å². The summed E-state index contributed by atoms with van der Waals surface area (Å²) in [6.07, 6.45) is 2.80. The maximum absolute atomic E-state index is 11.4. The lowest BCUT2D eigenvalue weighted by Gasteiger charge is -2.03. The highest BCUT2D eigenvalue weighted by Crippen LogP contribution is 2.38. The highest BCUT2D eigenvalue weighted by Gasteiger charge is 2.02. The quantitative estimate of drug-likeness (QED) is 0.478. The van der Waals surface area contributed by atoms with E-state index < -0.39 is 7.14 Å². The van der Waals surface area contributed by atoms with E-state index in [1.807, 2.05) is 18.2 Å². The Morgan fingerprint density at radius 1 is 1.47 bits per heavy atom. The van der Waals surface area contributed by atoms with E-state index in [2.05, 4.69) is 15.9 Å². The molecule has 1 aromatic rings. The van der Waals surface area contributed by atoms with E-state index in [4.69, 9.17) is 0 Å². The van der Waals surface area contributed by atoms with Crippen molar-refractivity contribution in [3.05, 3.63) is 34.6 Å². The smallest absolute Gasteiger partial charge is 0.129 e. The summed E-state index contributed by atoms with van der Waals surface area (Å²) >= 11 is 4.96. The van der Waals surface area contributed by atoms with Crippen molar-refractivity contribution in [1.29, 1.82) is 0 Å². The Balaban J connectivity index is 2.44. The van der Waals surface area contributed by atoms with Crippen LogP contribution in [0, 0.1) is 0 Å². The van der Waals surface area contributed by atoms with Gasteiger partial charge in [0.05, 0.1) is 4.90 Å². The Kier molecular flexibility index (Phi) is 5.84. The zero-order valence-electron chi connectivity index (χ0n) is 9.89. The van der Waals surface area contributed by atoms with Gasteiger partial charge in [-0.15, -0.1) is 11.8 Å². The fourth-order valence-electron chi connectivity index (χ4n) is 1.17. The van der Waals surface area contributed by atoms with Gasteiger partial charge >= 0.3 is 0 Å². The third kappa shape index (κ3) is 6.35. The van der Waals surface area contributed by atoms with Crippen LogP contribution < -0.4 is 0 Å². The van der Waals surface area contributed by atoms with Gasteiger partial charge in [-0.2, -0.15) is 0 Å². The third-order valence-electron chi connectivity index (χ3n) is 1.93. The second-order valence-corrected chi connectivity index (χ2v) is 9.29. The van der Waals surface area contributed by atoms with Gasteiger partial charge in [-0.25, -0.2) is 0 Å². The van der Waals surface area contributed by atoms with Gasteiger partial charge in [0.2, 0.25) is 0 Å². The number of allylic oxidation sites excluding steroid dienone is 1. The van der Waals surface area contributed by atoms with Crippen molar-refractivity contribution in [2.24, 2.45) is 0 Å². The second-order valence-electron chi connectivity index (χ2n) is 4.07. The number of benzene rings is 1. The number of phenolic OH excluding ortho intramolecular Hbond substituents is 1. The van der Waals surface area contributed by atoms with Crippen LogP contribution in [0.25, 0.3) is 0 Å². The standard InChI is InChI=1S/C12H16BrO2PS/c1-16(2,15)7-3-4-8-17-12-9-10(13)5-6-11(12)14/h3,5-7,9,14H,4,8H2,1-2H3/b7-3+. The molecule has 1 rings (SSSR count). The number of aromatic hydroxyl groups is 1. The van der Waals surface area contributed by atoms with Crippen LogP contribution in [0.4, 0.5) is 0 Å². The highest BCUT2D eigenvalue weighted by molar-refractivity contribution is 9.10. The monoisotopic (exact) mass is 334 g/mol. The summed E-state index contributed by atoms with van der Waals surface area (Å²) in [6, 6.07) is 5.38. The summed E-state index contributed by atoms with van der Waals surface area (Å²) in [7, 11) is -2.04. The Bertz CT molecular complexity index is 454. The number of hydrogen-bond acceptors (Lipinski definition) is 3. The Morgan fingerprint density at radius 2 is 2.18 bits per heavy atom. The molecule has 0 saturated heterocycles. The average Bonchev–Trinajstić information content (AvgIpc) is 2.21. The Morgan fingerprint density at radius 3 is 2.82 bits per heavy atom. The first kappa shape index (κ1) is 14.9. The number of halogens is 1. The molecule has 0 bridgehead atoms. The lowest BCUT2D eigenvalue weighted by molar-refractivity contribution is 0.462. The van der Waals surface area contributed by atoms with Crippen molar-refractivity contribution < 1.29 is 9.67 Å². The maximum atomic E-state index is 11.4. The molecule has 0 amide bonds. The van der Waals surface area contributed by atoms with Gasteiger partial charge < -0.3 is 9.67 Å². The van der Waals surface area contributed by atoms with Gasteiger partial charge in [0.1, 0.15) is 12.9 Å². The predicted molar refractivity (Wildman–Crippen MR) is 79.7 cm³/mol. The van der Waals surface area contributed by atoms with E-state index in [1.165, 1.54) is 0 Å². The zero-order valence-corrected chi connectivity index (χ0v) is 13.2. The van der Waals surface area contributed by atoms with E-state index in [1.54, 1.807) is 37.0 Å². The van der Waals surface area contributed by atoms with Crippen molar-refractivity contribution in [1.82, 2.24) is 0 Å². The van der Waals surface area contributed by atoms with Crippen LogP contribution in [0.1, 0.15) is 6.42 Å². The van der Waals surface area contributed by atoms with Crippen LogP contribution in [-0.2, 0) is 4.57 Å². The summed E-state index contributed by atoms with van der Waals surface area (Å²) in [5.74, 6) is 2.95. The largest absolute Gasteiger partial charge is 0.507 e. The van der Waals surface area contributed by atoms with Crippen LogP contribution in [0.15, 0.2) is 39.5 Å². The topological polar surface area (TPSA) is 37.3 Å². The van der Waals surface area contributed by atoms with Crippen molar-refractivity contribution in [2.75, 3.05) is 19.1 Å². The average molecular weight is 335 g/mol. The van der Waals surface area contributed by atoms with Gasteiger partial charge in [0.25, 0.3) is 0 Å². The molecule has 0 aliphatic carbocycles. The van der Waals surface area contributed by atoms with E-state index in [-0.39, 0.29) is 0 Å².